The summed E-state index contributed by atoms with van der Waals surface area (Å²) in [6.07, 6.45) is 6.04. The van der Waals surface area contributed by atoms with Crippen molar-refractivity contribution in [2.24, 2.45) is 23.7 Å². The molecule has 2 heteroatoms. The van der Waals surface area contributed by atoms with Gasteiger partial charge in [-0.2, -0.15) is 0 Å². The Morgan fingerprint density at radius 3 is 1.85 bits per heavy atom. The number of allylic oxidation sites excluding steroid dienone is 2. The summed E-state index contributed by atoms with van der Waals surface area (Å²) in [5.41, 5.74) is 0. The van der Waals surface area contributed by atoms with E-state index in [0.717, 1.165) is 25.0 Å². The molecular weight excluding hydrogens is 164 g/mol. The average molecular weight is 182 g/mol. The van der Waals surface area contributed by atoms with Crippen LogP contribution in [0.2, 0.25) is 0 Å². The van der Waals surface area contributed by atoms with Gasteiger partial charge >= 0.3 is 0 Å². The van der Waals surface area contributed by atoms with Gasteiger partial charge in [0, 0.05) is 27.4 Å². The van der Waals surface area contributed by atoms with Crippen molar-refractivity contribution in [1.82, 2.24) is 0 Å². The lowest BCUT2D eigenvalue weighted by Gasteiger charge is -2.26. The van der Waals surface area contributed by atoms with Gasteiger partial charge in [-0.3, -0.25) is 0 Å². The van der Waals surface area contributed by atoms with Gasteiger partial charge in [-0.15, -0.1) is 0 Å². The van der Waals surface area contributed by atoms with E-state index in [4.69, 9.17) is 9.47 Å². The molecule has 0 heterocycles. The van der Waals surface area contributed by atoms with Crippen molar-refractivity contribution < 1.29 is 9.47 Å². The number of ether oxygens (including phenoxy) is 2. The third-order valence-corrected chi connectivity index (χ3v) is 3.52. The van der Waals surface area contributed by atoms with Crippen LogP contribution in [0, 0.1) is 23.7 Å². The smallest absolute Gasteiger partial charge is 0.0499 e. The maximum absolute atomic E-state index is 5.27. The quantitative estimate of drug-likeness (QED) is 0.616. The number of rotatable bonds is 4. The first kappa shape index (κ1) is 9.22. The Labute approximate surface area is 79.9 Å². The number of methoxy groups -OCH3 is 2. The molecular formula is C11H18O2. The minimum Gasteiger partial charge on any atom is -0.384 e. The van der Waals surface area contributed by atoms with E-state index in [1.165, 1.54) is 6.42 Å². The van der Waals surface area contributed by atoms with E-state index >= 15 is 0 Å². The Morgan fingerprint density at radius 2 is 1.46 bits per heavy atom. The molecule has 0 saturated heterocycles. The molecule has 0 aliphatic heterocycles. The molecule has 2 aliphatic rings. The molecule has 0 radical (unpaired) electrons. The maximum atomic E-state index is 5.27. The van der Waals surface area contributed by atoms with E-state index in [1.807, 2.05) is 0 Å². The van der Waals surface area contributed by atoms with Crippen molar-refractivity contribution in [3.8, 4) is 0 Å². The molecule has 74 valence electrons. The summed E-state index contributed by atoms with van der Waals surface area (Å²) in [6.45, 7) is 1.78. The van der Waals surface area contributed by atoms with Crippen molar-refractivity contribution in [3.63, 3.8) is 0 Å². The molecule has 0 aromatic heterocycles. The van der Waals surface area contributed by atoms with E-state index in [0.29, 0.717) is 11.8 Å². The van der Waals surface area contributed by atoms with Gasteiger partial charge in [0.2, 0.25) is 0 Å². The summed E-state index contributed by atoms with van der Waals surface area (Å²) in [5.74, 6) is 2.90. The molecule has 1 saturated carbocycles. The summed E-state index contributed by atoms with van der Waals surface area (Å²) >= 11 is 0. The lowest BCUT2D eigenvalue weighted by atomic mass is 9.84. The van der Waals surface area contributed by atoms with Crippen LogP contribution in [0.4, 0.5) is 0 Å². The fraction of sp³-hybridized carbons (Fsp3) is 0.818. The second-order valence-corrected chi connectivity index (χ2v) is 4.19. The Hall–Kier alpha value is -0.340. The van der Waals surface area contributed by atoms with E-state index in [-0.39, 0.29) is 0 Å². The molecule has 0 unspecified atom stereocenters. The van der Waals surface area contributed by atoms with Crippen molar-refractivity contribution in [2.75, 3.05) is 27.4 Å². The molecule has 2 nitrogen and oxygen atoms in total. The van der Waals surface area contributed by atoms with Crippen molar-refractivity contribution >= 4 is 0 Å². The van der Waals surface area contributed by atoms with Gasteiger partial charge in [-0.25, -0.2) is 0 Å². The first-order valence-corrected chi connectivity index (χ1v) is 5.03. The summed E-state index contributed by atoms with van der Waals surface area (Å²) < 4.78 is 10.5. The third-order valence-electron chi connectivity index (χ3n) is 3.52. The average Bonchev–Trinajstić information content (AvgIpc) is 2.69. The van der Waals surface area contributed by atoms with Crippen molar-refractivity contribution in [2.45, 2.75) is 6.42 Å². The van der Waals surface area contributed by atoms with Crippen LogP contribution in [0.3, 0.4) is 0 Å². The summed E-state index contributed by atoms with van der Waals surface area (Å²) in [4.78, 5) is 0. The fourth-order valence-corrected chi connectivity index (χ4v) is 2.91. The van der Waals surface area contributed by atoms with Crippen LogP contribution >= 0.6 is 0 Å². The number of hydrogen-bond donors (Lipinski definition) is 0. The van der Waals surface area contributed by atoms with Gasteiger partial charge in [-0.1, -0.05) is 12.2 Å². The van der Waals surface area contributed by atoms with Gasteiger partial charge in [0.25, 0.3) is 0 Å². The zero-order valence-electron chi connectivity index (χ0n) is 8.40. The summed E-state index contributed by atoms with van der Waals surface area (Å²) in [5, 5.41) is 0. The second kappa shape index (κ2) is 3.81. The first-order valence-electron chi connectivity index (χ1n) is 5.03. The molecule has 0 amide bonds. The molecule has 0 N–H and O–H groups in total. The fourth-order valence-electron chi connectivity index (χ4n) is 2.91. The molecule has 0 aromatic rings. The molecule has 2 aliphatic carbocycles. The SMILES string of the molecule is COC[C@@H]1[C@H](COC)[C@H]2C=C[C@@H]1C2. The summed E-state index contributed by atoms with van der Waals surface area (Å²) in [6, 6.07) is 0. The van der Waals surface area contributed by atoms with Crippen molar-refractivity contribution in [3.05, 3.63) is 12.2 Å². The lowest BCUT2D eigenvalue weighted by Crippen LogP contribution is -2.27. The van der Waals surface area contributed by atoms with Crippen LogP contribution < -0.4 is 0 Å². The summed E-state index contributed by atoms with van der Waals surface area (Å²) in [7, 11) is 3.58. The van der Waals surface area contributed by atoms with E-state index < -0.39 is 0 Å². The van der Waals surface area contributed by atoms with Crippen LogP contribution in [-0.2, 0) is 9.47 Å². The van der Waals surface area contributed by atoms with Crippen LogP contribution in [0.5, 0.6) is 0 Å². The highest BCUT2D eigenvalue weighted by molar-refractivity contribution is 5.13. The monoisotopic (exact) mass is 182 g/mol. The maximum Gasteiger partial charge on any atom is 0.0499 e. The zero-order chi connectivity index (χ0) is 9.26. The Kier molecular flexibility index (Phi) is 2.70. The highest BCUT2D eigenvalue weighted by atomic mass is 16.5. The van der Waals surface area contributed by atoms with Crippen LogP contribution in [0.1, 0.15) is 6.42 Å². The molecule has 0 aromatic carbocycles. The molecule has 2 rings (SSSR count). The highest BCUT2D eigenvalue weighted by Gasteiger charge is 2.43. The second-order valence-electron chi connectivity index (χ2n) is 4.19. The van der Waals surface area contributed by atoms with Gasteiger partial charge < -0.3 is 9.47 Å². The predicted molar refractivity (Wildman–Crippen MR) is 51.5 cm³/mol. The minimum atomic E-state index is 0.694. The van der Waals surface area contributed by atoms with E-state index in [1.54, 1.807) is 14.2 Å². The van der Waals surface area contributed by atoms with Gasteiger partial charge in [0.05, 0.1) is 0 Å². The Morgan fingerprint density at radius 1 is 1.00 bits per heavy atom. The highest BCUT2D eigenvalue weighted by Crippen LogP contribution is 2.47. The molecule has 4 atom stereocenters. The predicted octanol–water partition coefficient (Wildman–Crippen LogP) is 1.72. The first-order chi connectivity index (χ1) is 6.36. The van der Waals surface area contributed by atoms with Gasteiger partial charge in [0.1, 0.15) is 0 Å². The van der Waals surface area contributed by atoms with E-state index in [9.17, 15) is 0 Å². The molecule has 2 bridgehead atoms. The number of hydrogen-bond acceptors (Lipinski definition) is 2. The molecule has 1 fully saturated rings. The van der Waals surface area contributed by atoms with Crippen LogP contribution in [-0.4, -0.2) is 27.4 Å². The van der Waals surface area contributed by atoms with Crippen LogP contribution in [0.15, 0.2) is 12.2 Å². The van der Waals surface area contributed by atoms with Gasteiger partial charge in [0.15, 0.2) is 0 Å². The Bertz CT molecular complexity index is 180. The Balaban J connectivity index is 2.02. The standard InChI is InChI=1S/C11H18O2/c1-12-6-10-8-3-4-9(5-8)11(10)7-13-2/h3-4,8-11H,5-7H2,1-2H3/t8-,9+,10+,11-. The zero-order valence-corrected chi connectivity index (χ0v) is 8.40. The number of fused-ring (bicyclic) bond motifs is 2. The molecule has 13 heavy (non-hydrogen) atoms. The third kappa shape index (κ3) is 1.53. The molecule has 0 spiro atoms. The topological polar surface area (TPSA) is 18.5 Å². The minimum absolute atomic E-state index is 0.694. The van der Waals surface area contributed by atoms with Crippen LogP contribution in [0.25, 0.3) is 0 Å². The van der Waals surface area contributed by atoms with Crippen molar-refractivity contribution in [1.29, 1.82) is 0 Å². The van der Waals surface area contributed by atoms with E-state index in [2.05, 4.69) is 12.2 Å². The largest absolute Gasteiger partial charge is 0.384 e. The normalized spacial score (nSPS) is 41.7. The van der Waals surface area contributed by atoms with Gasteiger partial charge in [-0.05, 0) is 30.1 Å². The lowest BCUT2D eigenvalue weighted by molar-refractivity contribution is 0.0647.